The van der Waals surface area contributed by atoms with Crippen LogP contribution in [-0.2, 0) is 16.1 Å². The molecule has 4 nitrogen and oxygen atoms in total. The molecule has 0 radical (unpaired) electrons. The van der Waals surface area contributed by atoms with Crippen molar-refractivity contribution in [1.82, 2.24) is 10.2 Å². The van der Waals surface area contributed by atoms with Gasteiger partial charge in [0.25, 0.3) is 0 Å². The van der Waals surface area contributed by atoms with Crippen molar-refractivity contribution in [3.8, 4) is 0 Å². The van der Waals surface area contributed by atoms with Crippen LogP contribution in [-0.4, -0.2) is 23.3 Å². The molecule has 0 aliphatic heterocycles. The molecule has 150 valence electrons. The summed E-state index contributed by atoms with van der Waals surface area (Å²) in [6.45, 7) is 4.66. The van der Waals surface area contributed by atoms with E-state index in [1.807, 2.05) is 30.3 Å². The van der Waals surface area contributed by atoms with E-state index < -0.39 is 0 Å². The quantitative estimate of drug-likeness (QED) is 0.608. The predicted molar refractivity (Wildman–Crippen MR) is 109 cm³/mol. The maximum Gasteiger partial charge on any atom is 0.225 e. The summed E-state index contributed by atoms with van der Waals surface area (Å²) in [7, 11) is 0. The Balaban J connectivity index is 2.13. The molecule has 2 aromatic rings. The number of carbonyl (C=O) groups excluding carboxylic acids is 2. The number of nitrogens with one attached hydrogen (secondary N) is 1. The van der Waals surface area contributed by atoms with Gasteiger partial charge in [0.2, 0.25) is 11.8 Å². The van der Waals surface area contributed by atoms with Crippen molar-refractivity contribution in [2.24, 2.45) is 0 Å². The largest absolute Gasteiger partial charge is 0.349 e. The van der Waals surface area contributed by atoms with Crippen LogP contribution in [0.15, 0.2) is 54.6 Å². The number of amides is 2. The van der Waals surface area contributed by atoms with Gasteiger partial charge in [-0.3, -0.25) is 9.59 Å². The molecule has 2 rings (SSSR count). The van der Waals surface area contributed by atoms with Gasteiger partial charge in [-0.15, -0.1) is 0 Å². The highest BCUT2D eigenvalue weighted by atomic mass is 19.1. The third kappa shape index (κ3) is 7.14. The second kappa shape index (κ2) is 11.2. The zero-order chi connectivity index (χ0) is 20.4. The number of carbonyl (C=O) groups is 2. The van der Waals surface area contributed by atoms with Crippen LogP contribution in [0.3, 0.4) is 0 Å². The van der Waals surface area contributed by atoms with E-state index in [4.69, 9.17) is 0 Å². The lowest BCUT2D eigenvalue weighted by Gasteiger charge is -2.26. The molecule has 2 aromatic carbocycles. The van der Waals surface area contributed by atoms with Crippen LogP contribution >= 0.6 is 0 Å². The molecule has 0 saturated carbocycles. The summed E-state index contributed by atoms with van der Waals surface area (Å²) in [5.74, 6) is -0.483. The van der Waals surface area contributed by atoms with Gasteiger partial charge >= 0.3 is 0 Å². The van der Waals surface area contributed by atoms with Crippen LogP contribution in [0.5, 0.6) is 0 Å². The number of hydrogen-bond donors (Lipinski definition) is 1. The first-order valence-corrected chi connectivity index (χ1v) is 9.84. The number of rotatable bonds is 10. The minimum Gasteiger partial charge on any atom is -0.349 e. The van der Waals surface area contributed by atoms with Crippen molar-refractivity contribution in [3.05, 3.63) is 71.5 Å². The summed E-state index contributed by atoms with van der Waals surface area (Å²) in [4.78, 5) is 26.5. The highest BCUT2D eigenvalue weighted by Gasteiger charge is 2.21. The normalized spacial score (nSPS) is 11.7. The predicted octanol–water partition coefficient (Wildman–Crippen LogP) is 4.61. The second-order valence-electron chi connectivity index (χ2n) is 7.02. The average Bonchev–Trinajstić information content (AvgIpc) is 2.68. The van der Waals surface area contributed by atoms with Crippen molar-refractivity contribution in [2.75, 3.05) is 6.54 Å². The standard InChI is InChI=1S/C23H29FN2O2/c1-3-4-8-15-26(17-19-11-13-21(24)14-12-19)23(28)16-22(25-18(2)27)20-9-6-5-7-10-20/h5-7,9-14,22H,3-4,8,15-17H2,1-2H3,(H,25,27). The monoisotopic (exact) mass is 384 g/mol. The smallest absolute Gasteiger partial charge is 0.225 e. The number of hydrogen-bond acceptors (Lipinski definition) is 2. The lowest BCUT2D eigenvalue weighted by molar-refractivity contribution is -0.132. The van der Waals surface area contributed by atoms with Crippen molar-refractivity contribution in [3.63, 3.8) is 0 Å². The summed E-state index contributed by atoms with van der Waals surface area (Å²) in [6.07, 6.45) is 3.22. The first-order valence-electron chi connectivity index (χ1n) is 9.84. The van der Waals surface area contributed by atoms with Gasteiger partial charge in [0.1, 0.15) is 5.82 Å². The maximum atomic E-state index is 13.2. The molecule has 0 bridgehead atoms. The van der Waals surface area contributed by atoms with E-state index in [0.29, 0.717) is 13.1 Å². The minimum absolute atomic E-state index is 0.0250. The fourth-order valence-electron chi connectivity index (χ4n) is 3.14. The van der Waals surface area contributed by atoms with Crippen LogP contribution in [0.4, 0.5) is 4.39 Å². The molecule has 0 aliphatic carbocycles. The number of unbranched alkanes of at least 4 members (excludes halogenated alkanes) is 2. The molecule has 1 unspecified atom stereocenters. The maximum absolute atomic E-state index is 13.2. The van der Waals surface area contributed by atoms with E-state index in [9.17, 15) is 14.0 Å². The third-order valence-corrected chi connectivity index (χ3v) is 4.63. The fourth-order valence-corrected chi connectivity index (χ4v) is 3.14. The van der Waals surface area contributed by atoms with Gasteiger partial charge in [0.15, 0.2) is 0 Å². The lowest BCUT2D eigenvalue weighted by atomic mass is 10.0. The molecule has 0 saturated heterocycles. The number of halogens is 1. The van der Waals surface area contributed by atoms with Crippen molar-refractivity contribution >= 4 is 11.8 Å². The molecule has 28 heavy (non-hydrogen) atoms. The van der Waals surface area contributed by atoms with E-state index >= 15 is 0 Å². The van der Waals surface area contributed by atoms with Crippen LogP contribution in [0.25, 0.3) is 0 Å². The Morgan fingerprint density at radius 3 is 2.32 bits per heavy atom. The Labute approximate surface area is 166 Å². The summed E-state index contributed by atoms with van der Waals surface area (Å²) in [5, 5.41) is 2.88. The van der Waals surface area contributed by atoms with Gasteiger partial charge in [-0.2, -0.15) is 0 Å². The molecule has 0 aliphatic rings. The van der Waals surface area contributed by atoms with Gasteiger partial charge < -0.3 is 10.2 Å². The summed E-state index contributed by atoms with van der Waals surface area (Å²) in [5.41, 5.74) is 1.79. The van der Waals surface area contributed by atoms with Crippen molar-refractivity contribution in [1.29, 1.82) is 0 Å². The minimum atomic E-state index is -0.368. The number of nitrogens with zero attached hydrogens (tertiary/aromatic N) is 1. The van der Waals surface area contributed by atoms with Gasteiger partial charge in [0, 0.05) is 20.0 Å². The van der Waals surface area contributed by atoms with E-state index in [0.717, 1.165) is 30.4 Å². The first-order chi connectivity index (χ1) is 13.5. The molecular formula is C23H29FN2O2. The zero-order valence-electron chi connectivity index (χ0n) is 16.7. The second-order valence-corrected chi connectivity index (χ2v) is 7.02. The third-order valence-electron chi connectivity index (χ3n) is 4.63. The van der Waals surface area contributed by atoms with E-state index in [1.165, 1.54) is 19.1 Å². The Morgan fingerprint density at radius 2 is 1.71 bits per heavy atom. The van der Waals surface area contributed by atoms with Crippen molar-refractivity contribution < 1.29 is 14.0 Å². The van der Waals surface area contributed by atoms with Crippen LogP contribution in [0.2, 0.25) is 0 Å². The molecule has 1 atom stereocenters. The zero-order valence-corrected chi connectivity index (χ0v) is 16.7. The lowest BCUT2D eigenvalue weighted by Crippen LogP contribution is -2.36. The molecule has 0 fully saturated rings. The Kier molecular flexibility index (Phi) is 8.66. The van der Waals surface area contributed by atoms with E-state index in [2.05, 4.69) is 12.2 Å². The molecule has 0 aromatic heterocycles. The summed E-state index contributed by atoms with van der Waals surface area (Å²) in [6, 6.07) is 15.4. The van der Waals surface area contributed by atoms with Crippen LogP contribution < -0.4 is 5.32 Å². The van der Waals surface area contributed by atoms with Crippen LogP contribution in [0, 0.1) is 5.82 Å². The molecule has 0 spiro atoms. The molecule has 1 N–H and O–H groups in total. The van der Waals surface area contributed by atoms with Gasteiger partial charge in [0.05, 0.1) is 12.5 Å². The van der Waals surface area contributed by atoms with Gasteiger partial charge in [-0.1, -0.05) is 62.2 Å². The molecule has 5 heteroatoms. The number of benzene rings is 2. The fraction of sp³-hybridized carbons (Fsp3) is 0.391. The Morgan fingerprint density at radius 1 is 1.04 bits per heavy atom. The van der Waals surface area contributed by atoms with E-state index in [-0.39, 0.29) is 30.1 Å². The topological polar surface area (TPSA) is 49.4 Å². The average molecular weight is 384 g/mol. The highest BCUT2D eigenvalue weighted by Crippen LogP contribution is 2.19. The highest BCUT2D eigenvalue weighted by molar-refractivity contribution is 5.79. The van der Waals surface area contributed by atoms with E-state index in [1.54, 1.807) is 17.0 Å². The first kappa shape index (κ1) is 21.6. The SMILES string of the molecule is CCCCCN(Cc1ccc(F)cc1)C(=O)CC(NC(C)=O)c1ccccc1. The Bertz CT molecular complexity index is 747. The Hall–Kier alpha value is -2.69. The van der Waals surface area contributed by atoms with Crippen molar-refractivity contribution in [2.45, 2.75) is 52.1 Å². The molecular weight excluding hydrogens is 355 g/mol. The summed E-state index contributed by atoms with van der Waals surface area (Å²) >= 11 is 0. The summed E-state index contributed by atoms with van der Waals surface area (Å²) < 4.78 is 13.2. The van der Waals surface area contributed by atoms with Gasteiger partial charge in [-0.25, -0.2) is 4.39 Å². The molecule has 0 heterocycles. The van der Waals surface area contributed by atoms with Crippen LogP contribution in [0.1, 0.15) is 56.7 Å². The van der Waals surface area contributed by atoms with Gasteiger partial charge in [-0.05, 0) is 29.7 Å². The molecule has 2 amide bonds.